The lowest BCUT2D eigenvalue weighted by atomic mass is 9.81. The van der Waals surface area contributed by atoms with Gasteiger partial charge in [0.15, 0.2) is 11.6 Å². The highest BCUT2D eigenvalue weighted by Crippen LogP contribution is 2.51. The molecule has 1 aromatic heterocycles. The molecule has 4 heterocycles. The van der Waals surface area contributed by atoms with Gasteiger partial charge in [-0.1, -0.05) is 31.6 Å². The highest BCUT2D eigenvalue weighted by Gasteiger charge is 2.57. The summed E-state index contributed by atoms with van der Waals surface area (Å²) in [7, 11) is 1.45. The normalized spacial score (nSPS) is 24.0. The second-order valence-corrected chi connectivity index (χ2v) is 11.0. The first kappa shape index (κ1) is 24.8. The minimum Gasteiger partial charge on any atom is -0.508 e. The molecule has 38 heavy (non-hydrogen) atoms. The average Bonchev–Trinajstić information content (AvgIpc) is 3.18. The number of benzene rings is 2. The number of aromatic hydroxyl groups is 1. The van der Waals surface area contributed by atoms with Crippen molar-refractivity contribution in [1.82, 2.24) is 19.7 Å². The van der Waals surface area contributed by atoms with Crippen LogP contribution in [0.15, 0.2) is 48.8 Å². The second-order valence-electron chi connectivity index (χ2n) is 11.0. The number of phenols is 1. The summed E-state index contributed by atoms with van der Waals surface area (Å²) in [5, 5.41) is 10.8. The standard InChI is InChI=1S/C30H35FN4O3/c1-19-34(16-15-33-13-6-4-5-7-14-33)29(37)30(2)18-22-25-23(11-12-24(38-3)26(25)31)32-27(22)28(35(19)30)20-9-8-10-21(36)17-20/h8-12,17,28,32,36H,1,4-7,13-16,18H2,2-3H3/t28-,30+/m1/s1. The van der Waals surface area contributed by atoms with Gasteiger partial charge in [0, 0.05) is 36.1 Å². The smallest absolute Gasteiger partial charge is 0.254 e. The summed E-state index contributed by atoms with van der Waals surface area (Å²) in [6, 6.07) is 10.0. The number of H-pyrrole nitrogens is 1. The summed E-state index contributed by atoms with van der Waals surface area (Å²) in [5.41, 5.74) is 2.07. The van der Waals surface area contributed by atoms with E-state index < -0.39 is 17.4 Å². The lowest BCUT2D eigenvalue weighted by Crippen LogP contribution is -2.52. The monoisotopic (exact) mass is 518 g/mol. The van der Waals surface area contributed by atoms with Crippen molar-refractivity contribution in [2.24, 2.45) is 0 Å². The molecule has 3 aromatic rings. The van der Waals surface area contributed by atoms with E-state index in [0.717, 1.165) is 36.5 Å². The van der Waals surface area contributed by atoms with Gasteiger partial charge in [0.1, 0.15) is 17.1 Å². The Morgan fingerprint density at radius 3 is 2.63 bits per heavy atom. The molecular formula is C30H35FN4O3. The zero-order valence-electron chi connectivity index (χ0n) is 22.1. The molecule has 200 valence electrons. The van der Waals surface area contributed by atoms with Crippen LogP contribution in [0.25, 0.3) is 10.9 Å². The summed E-state index contributed by atoms with van der Waals surface area (Å²) < 4.78 is 20.9. The molecule has 0 bridgehead atoms. The summed E-state index contributed by atoms with van der Waals surface area (Å²) in [5.74, 6) is 0.488. The van der Waals surface area contributed by atoms with Crippen LogP contribution in [0.2, 0.25) is 0 Å². The molecule has 1 amide bonds. The van der Waals surface area contributed by atoms with Crippen LogP contribution in [0, 0.1) is 5.82 Å². The van der Waals surface area contributed by atoms with Crippen LogP contribution in [0.3, 0.4) is 0 Å². The van der Waals surface area contributed by atoms with E-state index in [4.69, 9.17) is 4.74 Å². The molecule has 2 N–H and O–H groups in total. The number of rotatable bonds is 5. The van der Waals surface area contributed by atoms with E-state index in [2.05, 4.69) is 21.4 Å². The van der Waals surface area contributed by atoms with Crippen LogP contribution in [-0.2, 0) is 11.2 Å². The number of hydrogen-bond acceptors (Lipinski definition) is 5. The van der Waals surface area contributed by atoms with Crippen molar-refractivity contribution >= 4 is 16.8 Å². The number of nitrogens with zero attached hydrogens (tertiary/aromatic N) is 3. The van der Waals surface area contributed by atoms with Crippen LogP contribution >= 0.6 is 0 Å². The molecule has 2 aromatic carbocycles. The Balaban J connectivity index is 1.45. The highest BCUT2D eigenvalue weighted by atomic mass is 19.1. The van der Waals surface area contributed by atoms with E-state index in [9.17, 15) is 9.90 Å². The molecule has 8 heteroatoms. The maximum absolute atomic E-state index is 15.6. The molecule has 0 spiro atoms. The van der Waals surface area contributed by atoms with Gasteiger partial charge in [-0.05, 0) is 68.2 Å². The zero-order chi connectivity index (χ0) is 26.6. The fourth-order valence-corrected chi connectivity index (χ4v) is 6.72. The van der Waals surface area contributed by atoms with Crippen LogP contribution in [-0.4, -0.2) is 69.5 Å². The quantitative estimate of drug-likeness (QED) is 0.502. The molecule has 2 fully saturated rings. The minimum atomic E-state index is -0.955. The molecule has 7 nitrogen and oxygen atoms in total. The number of phenolic OH excluding ortho intramolecular Hbond substituents is 1. The first-order valence-corrected chi connectivity index (χ1v) is 13.5. The van der Waals surface area contributed by atoms with Crippen molar-refractivity contribution in [2.45, 2.75) is 50.6 Å². The third kappa shape index (κ3) is 3.76. The average molecular weight is 519 g/mol. The third-order valence-corrected chi connectivity index (χ3v) is 8.63. The van der Waals surface area contributed by atoms with Gasteiger partial charge in [-0.25, -0.2) is 4.39 Å². The van der Waals surface area contributed by atoms with Gasteiger partial charge in [-0.2, -0.15) is 0 Å². The lowest BCUT2D eigenvalue weighted by Gasteiger charge is -2.44. The number of fused-ring (bicyclic) bond motifs is 4. The molecule has 2 saturated heterocycles. The third-order valence-electron chi connectivity index (χ3n) is 8.63. The number of amides is 1. The van der Waals surface area contributed by atoms with E-state index in [-0.39, 0.29) is 17.4 Å². The SMILES string of the molecule is C=C1N(CCN2CCCCCC2)C(=O)[C@]2(C)Cc3c([nH]c4ccc(OC)c(F)c34)[C@@H](c3cccc(O)c3)N12. The Kier molecular flexibility index (Phi) is 6.10. The summed E-state index contributed by atoms with van der Waals surface area (Å²) in [6.45, 7) is 9.81. The van der Waals surface area contributed by atoms with Crippen molar-refractivity contribution in [3.8, 4) is 11.5 Å². The van der Waals surface area contributed by atoms with Crippen molar-refractivity contribution in [3.63, 3.8) is 0 Å². The molecule has 3 aliphatic heterocycles. The van der Waals surface area contributed by atoms with Gasteiger partial charge in [0.25, 0.3) is 5.91 Å². The fraction of sp³-hybridized carbons (Fsp3) is 0.433. The second kappa shape index (κ2) is 9.34. The van der Waals surface area contributed by atoms with Crippen molar-refractivity contribution in [2.75, 3.05) is 33.3 Å². The van der Waals surface area contributed by atoms with Crippen LogP contribution in [0.1, 0.15) is 55.5 Å². The molecule has 0 saturated carbocycles. The van der Waals surface area contributed by atoms with Gasteiger partial charge in [0.05, 0.1) is 13.2 Å². The minimum absolute atomic E-state index is 0.0224. The van der Waals surface area contributed by atoms with Gasteiger partial charge < -0.3 is 24.6 Å². The van der Waals surface area contributed by atoms with Gasteiger partial charge in [-0.3, -0.25) is 9.69 Å². The Hall–Kier alpha value is -3.52. The number of halogens is 1. The van der Waals surface area contributed by atoms with E-state index in [0.29, 0.717) is 29.7 Å². The van der Waals surface area contributed by atoms with E-state index in [1.165, 1.54) is 32.8 Å². The van der Waals surface area contributed by atoms with Gasteiger partial charge >= 0.3 is 0 Å². The number of ether oxygens (including phenoxy) is 1. The number of carbonyl (C=O) groups excluding carboxylic acids is 1. The maximum Gasteiger partial charge on any atom is 0.254 e. The Morgan fingerprint density at radius 1 is 1.16 bits per heavy atom. The predicted molar refractivity (Wildman–Crippen MR) is 144 cm³/mol. The number of methoxy groups -OCH3 is 1. The number of hydrogen-bond donors (Lipinski definition) is 2. The Morgan fingerprint density at radius 2 is 1.92 bits per heavy atom. The number of nitrogens with one attached hydrogen (secondary N) is 1. The molecule has 2 atom stereocenters. The van der Waals surface area contributed by atoms with Crippen LogP contribution in [0.4, 0.5) is 4.39 Å². The zero-order valence-corrected chi connectivity index (χ0v) is 22.1. The molecule has 6 rings (SSSR count). The summed E-state index contributed by atoms with van der Waals surface area (Å²) in [6.07, 6.45) is 5.23. The van der Waals surface area contributed by atoms with Crippen molar-refractivity contribution < 1.29 is 19.0 Å². The lowest BCUT2D eigenvalue weighted by molar-refractivity contribution is -0.133. The topological polar surface area (TPSA) is 72.0 Å². The largest absolute Gasteiger partial charge is 0.508 e. The molecule has 3 aliphatic rings. The highest BCUT2D eigenvalue weighted by molar-refractivity contribution is 5.94. The number of likely N-dealkylation sites (tertiary alicyclic amines) is 1. The van der Waals surface area contributed by atoms with Crippen molar-refractivity contribution in [1.29, 1.82) is 0 Å². The first-order valence-electron chi connectivity index (χ1n) is 13.5. The Bertz CT molecular complexity index is 1410. The van der Waals surface area contributed by atoms with Crippen LogP contribution in [0.5, 0.6) is 11.5 Å². The van der Waals surface area contributed by atoms with E-state index >= 15 is 4.39 Å². The maximum atomic E-state index is 15.6. The number of aromatic amines is 1. The Labute approximate surface area is 222 Å². The first-order chi connectivity index (χ1) is 18.3. The van der Waals surface area contributed by atoms with Gasteiger partial charge in [-0.15, -0.1) is 0 Å². The number of aromatic nitrogens is 1. The molecule has 0 unspecified atom stereocenters. The number of carbonyl (C=O) groups is 1. The molecule has 0 aliphatic carbocycles. The van der Waals surface area contributed by atoms with Gasteiger partial charge in [0.2, 0.25) is 0 Å². The molecular weight excluding hydrogens is 483 g/mol. The van der Waals surface area contributed by atoms with Crippen LogP contribution < -0.4 is 4.74 Å². The van der Waals surface area contributed by atoms with E-state index in [1.54, 1.807) is 24.3 Å². The summed E-state index contributed by atoms with van der Waals surface area (Å²) in [4.78, 5) is 23.9. The predicted octanol–water partition coefficient (Wildman–Crippen LogP) is 4.92. The fourth-order valence-electron chi connectivity index (χ4n) is 6.72. The molecule has 0 radical (unpaired) electrons. The van der Waals surface area contributed by atoms with E-state index in [1.807, 2.05) is 24.0 Å². The summed E-state index contributed by atoms with van der Waals surface area (Å²) >= 11 is 0. The van der Waals surface area contributed by atoms with Crippen molar-refractivity contribution in [3.05, 3.63) is 71.4 Å².